The molecule has 0 saturated heterocycles. The van der Waals surface area contributed by atoms with Crippen molar-refractivity contribution in [2.24, 2.45) is 0 Å². The van der Waals surface area contributed by atoms with Crippen molar-refractivity contribution in [2.75, 3.05) is 5.32 Å². The monoisotopic (exact) mass is 326 g/mol. The van der Waals surface area contributed by atoms with Crippen LogP contribution in [0.1, 0.15) is 22.7 Å². The number of thiazole rings is 1. The Hall–Kier alpha value is -2.54. The zero-order chi connectivity index (χ0) is 15.8. The summed E-state index contributed by atoms with van der Waals surface area (Å²) in [7, 11) is 0. The Morgan fingerprint density at radius 3 is 2.91 bits per heavy atom. The van der Waals surface area contributed by atoms with Gasteiger partial charge in [0.15, 0.2) is 5.13 Å². The number of fused-ring (bicyclic) bond motifs is 2. The fraction of sp³-hybridized carbons (Fsp3) is 0.250. The van der Waals surface area contributed by atoms with Gasteiger partial charge in [-0.3, -0.25) is 9.59 Å². The number of carbonyl (C=O) groups is 1. The zero-order valence-corrected chi connectivity index (χ0v) is 13.1. The summed E-state index contributed by atoms with van der Waals surface area (Å²) in [6.07, 6.45) is 3.29. The average molecular weight is 326 g/mol. The Kier molecular flexibility index (Phi) is 3.42. The number of H-pyrrole nitrogens is 1. The summed E-state index contributed by atoms with van der Waals surface area (Å²) in [5.74, 6) is -0.179. The third-order valence-corrected chi connectivity index (χ3v) is 5.02. The fourth-order valence-electron chi connectivity index (χ4n) is 2.87. The normalized spacial score (nSPS) is 13.2. The maximum atomic E-state index is 12.3. The molecule has 116 valence electrons. The number of hydrogen-bond donors (Lipinski definition) is 2. The van der Waals surface area contributed by atoms with Gasteiger partial charge in [-0.15, -0.1) is 11.3 Å². The van der Waals surface area contributed by atoms with Gasteiger partial charge in [0, 0.05) is 10.3 Å². The van der Waals surface area contributed by atoms with E-state index in [0.29, 0.717) is 21.6 Å². The molecule has 0 aliphatic heterocycles. The van der Waals surface area contributed by atoms with Crippen molar-refractivity contribution in [3.8, 4) is 0 Å². The number of hydrogen-bond acceptors (Lipinski definition) is 5. The van der Waals surface area contributed by atoms with E-state index in [4.69, 9.17) is 0 Å². The van der Waals surface area contributed by atoms with Crippen LogP contribution in [-0.2, 0) is 24.1 Å². The molecule has 1 aliphatic carbocycles. The van der Waals surface area contributed by atoms with Gasteiger partial charge >= 0.3 is 0 Å². The number of carbonyl (C=O) groups excluding carboxylic acids is 1. The molecule has 0 saturated carbocycles. The lowest BCUT2D eigenvalue weighted by Crippen LogP contribution is -2.18. The van der Waals surface area contributed by atoms with Gasteiger partial charge in [-0.1, -0.05) is 18.2 Å². The molecule has 23 heavy (non-hydrogen) atoms. The number of benzene rings is 1. The second-order valence-electron chi connectivity index (χ2n) is 5.51. The number of aryl methyl sites for hydroxylation is 2. The van der Waals surface area contributed by atoms with E-state index in [1.165, 1.54) is 4.88 Å². The summed E-state index contributed by atoms with van der Waals surface area (Å²) in [6.45, 7) is 0. The van der Waals surface area contributed by atoms with E-state index in [2.05, 4.69) is 20.5 Å². The summed E-state index contributed by atoms with van der Waals surface area (Å²) < 4.78 is 0. The molecule has 0 fully saturated rings. The zero-order valence-electron chi connectivity index (χ0n) is 12.3. The van der Waals surface area contributed by atoms with Crippen LogP contribution in [0.3, 0.4) is 0 Å². The predicted octanol–water partition coefficient (Wildman–Crippen LogP) is 2.05. The minimum absolute atomic E-state index is 0.0987. The Labute approximate surface area is 135 Å². The summed E-state index contributed by atoms with van der Waals surface area (Å²) in [5.41, 5.74) is 1.42. The second-order valence-corrected chi connectivity index (χ2v) is 6.60. The standard InChI is InChI=1S/C16H14N4O2S/c21-14(18-16-17-11-6-3-7-13(11)23-16)8-12-9-4-1-2-5-10(9)15(22)20-19-12/h1-2,4-5H,3,6-8H2,(H,20,22)(H,17,18,21). The first-order chi connectivity index (χ1) is 11.2. The molecule has 1 amide bonds. The molecule has 2 aromatic heterocycles. The molecule has 0 bridgehead atoms. The smallest absolute Gasteiger partial charge is 0.272 e. The van der Waals surface area contributed by atoms with Crippen LogP contribution in [0.15, 0.2) is 29.1 Å². The topological polar surface area (TPSA) is 87.7 Å². The predicted molar refractivity (Wildman–Crippen MR) is 88.8 cm³/mol. The van der Waals surface area contributed by atoms with Crippen LogP contribution in [0.4, 0.5) is 5.13 Å². The lowest BCUT2D eigenvalue weighted by Gasteiger charge is -2.04. The second kappa shape index (κ2) is 5.58. The van der Waals surface area contributed by atoms with Crippen molar-refractivity contribution in [1.29, 1.82) is 0 Å². The Morgan fingerprint density at radius 2 is 2.09 bits per heavy atom. The number of nitrogens with zero attached hydrogens (tertiary/aromatic N) is 2. The lowest BCUT2D eigenvalue weighted by atomic mass is 10.1. The van der Waals surface area contributed by atoms with Crippen molar-refractivity contribution in [3.05, 3.63) is 50.9 Å². The highest BCUT2D eigenvalue weighted by Crippen LogP contribution is 2.30. The summed E-state index contributed by atoms with van der Waals surface area (Å²) >= 11 is 1.55. The van der Waals surface area contributed by atoms with Gasteiger partial charge in [0.1, 0.15) is 0 Å². The first kappa shape index (κ1) is 14.1. The van der Waals surface area contributed by atoms with E-state index in [9.17, 15) is 9.59 Å². The molecule has 0 radical (unpaired) electrons. The van der Waals surface area contributed by atoms with E-state index >= 15 is 0 Å². The van der Waals surface area contributed by atoms with Crippen LogP contribution < -0.4 is 10.9 Å². The molecule has 1 aromatic carbocycles. The summed E-state index contributed by atoms with van der Waals surface area (Å²) in [4.78, 5) is 29.7. The first-order valence-corrected chi connectivity index (χ1v) is 8.27. The molecule has 0 atom stereocenters. The van der Waals surface area contributed by atoms with Crippen molar-refractivity contribution in [3.63, 3.8) is 0 Å². The largest absolute Gasteiger partial charge is 0.302 e. The van der Waals surface area contributed by atoms with Crippen LogP contribution in [-0.4, -0.2) is 21.1 Å². The molecular weight excluding hydrogens is 312 g/mol. The maximum Gasteiger partial charge on any atom is 0.272 e. The van der Waals surface area contributed by atoms with Gasteiger partial charge in [0.05, 0.1) is 23.2 Å². The van der Waals surface area contributed by atoms with E-state index in [1.807, 2.05) is 6.07 Å². The highest BCUT2D eigenvalue weighted by atomic mass is 32.1. The molecule has 4 rings (SSSR count). The maximum absolute atomic E-state index is 12.3. The molecule has 3 aromatic rings. The molecule has 6 nitrogen and oxygen atoms in total. The van der Waals surface area contributed by atoms with Crippen molar-refractivity contribution in [2.45, 2.75) is 25.7 Å². The number of nitrogens with one attached hydrogen (secondary N) is 2. The van der Waals surface area contributed by atoms with Crippen LogP contribution in [0.25, 0.3) is 10.8 Å². The SMILES string of the molecule is O=C(Cc1n[nH]c(=O)c2ccccc12)Nc1nc2c(s1)CCC2. The Balaban J connectivity index is 1.57. The molecular formula is C16H14N4O2S. The van der Waals surface area contributed by atoms with Crippen LogP contribution >= 0.6 is 11.3 Å². The van der Waals surface area contributed by atoms with Gasteiger partial charge in [0.25, 0.3) is 5.56 Å². The minimum Gasteiger partial charge on any atom is -0.302 e. The first-order valence-electron chi connectivity index (χ1n) is 7.45. The van der Waals surface area contributed by atoms with Crippen LogP contribution in [0, 0.1) is 0 Å². The van der Waals surface area contributed by atoms with Gasteiger partial charge in [-0.05, 0) is 25.3 Å². The lowest BCUT2D eigenvalue weighted by molar-refractivity contribution is -0.115. The van der Waals surface area contributed by atoms with E-state index in [1.54, 1.807) is 29.5 Å². The van der Waals surface area contributed by atoms with E-state index in [0.717, 1.165) is 25.0 Å². The summed E-state index contributed by atoms with van der Waals surface area (Å²) in [6, 6.07) is 7.15. The molecule has 7 heteroatoms. The fourth-order valence-corrected chi connectivity index (χ4v) is 3.93. The summed E-state index contributed by atoms with van der Waals surface area (Å²) in [5, 5.41) is 11.2. The highest BCUT2D eigenvalue weighted by Gasteiger charge is 2.18. The third kappa shape index (κ3) is 2.63. The third-order valence-electron chi connectivity index (χ3n) is 3.95. The molecule has 0 spiro atoms. The van der Waals surface area contributed by atoms with Gasteiger partial charge in [-0.2, -0.15) is 5.10 Å². The van der Waals surface area contributed by atoms with Crippen molar-refractivity contribution >= 4 is 33.1 Å². The number of rotatable bonds is 3. The van der Waals surface area contributed by atoms with Gasteiger partial charge < -0.3 is 5.32 Å². The quantitative estimate of drug-likeness (QED) is 0.771. The molecule has 1 aliphatic rings. The number of anilines is 1. The van der Waals surface area contributed by atoms with Gasteiger partial charge in [0.2, 0.25) is 5.91 Å². The van der Waals surface area contributed by atoms with E-state index in [-0.39, 0.29) is 17.9 Å². The van der Waals surface area contributed by atoms with E-state index < -0.39 is 0 Å². The highest BCUT2D eigenvalue weighted by molar-refractivity contribution is 7.15. The molecule has 0 unspecified atom stereocenters. The number of amides is 1. The minimum atomic E-state index is -0.249. The van der Waals surface area contributed by atoms with Crippen molar-refractivity contribution in [1.82, 2.24) is 15.2 Å². The average Bonchev–Trinajstić information content (AvgIpc) is 3.11. The van der Waals surface area contributed by atoms with Gasteiger partial charge in [-0.25, -0.2) is 10.1 Å². The van der Waals surface area contributed by atoms with Crippen LogP contribution in [0.5, 0.6) is 0 Å². The van der Waals surface area contributed by atoms with Crippen LogP contribution in [0.2, 0.25) is 0 Å². The number of aromatic nitrogens is 3. The Bertz CT molecular complexity index is 939. The Morgan fingerprint density at radius 1 is 1.26 bits per heavy atom. The molecule has 2 heterocycles. The number of aromatic amines is 1. The molecule has 2 N–H and O–H groups in total. The van der Waals surface area contributed by atoms with Crippen molar-refractivity contribution < 1.29 is 4.79 Å².